The second kappa shape index (κ2) is 4.73. The number of carbonyl (C=O) groups is 1. The standard InChI is InChI=1S/C12H13NO3S/c1-16-11-7(9(6-13)12(14)15)2-3-10-8(11)4-5-17-10/h2-5,9H,6,13H2,1H3,(H,14,15). The second-order valence-electron chi connectivity index (χ2n) is 3.65. The first-order valence-corrected chi connectivity index (χ1v) is 6.04. The number of carboxylic acids is 1. The number of rotatable bonds is 4. The molecule has 1 atom stereocenters. The minimum absolute atomic E-state index is 0.0569. The Morgan fingerprint density at radius 2 is 2.29 bits per heavy atom. The number of thiophene rings is 1. The van der Waals surface area contributed by atoms with Crippen LogP contribution in [0.2, 0.25) is 0 Å². The maximum atomic E-state index is 11.1. The number of carboxylic acid groups (broad SMARTS) is 1. The van der Waals surface area contributed by atoms with Gasteiger partial charge in [0.05, 0.1) is 13.0 Å². The summed E-state index contributed by atoms with van der Waals surface area (Å²) >= 11 is 1.59. The van der Waals surface area contributed by atoms with Crippen LogP contribution in [0.1, 0.15) is 11.5 Å². The Morgan fingerprint density at radius 3 is 2.88 bits per heavy atom. The lowest BCUT2D eigenvalue weighted by Gasteiger charge is -2.15. The SMILES string of the molecule is COc1c(C(CN)C(=O)O)ccc2sccc12. The molecule has 90 valence electrons. The van der Waals surface area contributed by atoms with Gasteiger partial charge in [0, 0.05) is 22.2 Å². The van der Waals surface area contributed by atoms with Gasteiger partial charge in [0.1, 0.15) is 5.75 Å². The van der Waals surface area contributed by atoms with Crippen molar-refractivity contribution in [3.63, 3.8) is 0 Å². The van der Waals surface area contributed by atoms with Crippen molar-refractivity contribution in [2.75, 3.05) is 13.7 Å². The molecule has 0 aliphatic carbocycles. The van der Waals surface area contributed by atoms with Crippen molar-refractivity contribution in [3.05, 3.63) is 29.1 Å². The largest absolute Gasteiger partial charge is 0.496 e. The summed E-state index contributed by atoms with van der Waals surface area (Å²) in [5.41, 5.74) is 6.15. The van der Waals surface area contributed by atoms with Gasteiger partial charge in [-0.1, -0.05) is 6.07 Å². The molecule has 4 nitrogen and oxygen atoms in total. The van der Waals surface area contributed by atoms with Gasteiger partial charge in [-0.15, -0.1) is 11.3 Å². The molecule has 0 aliphatic heterocycles. The summed E-state index contributed by atoms with van der Waals surface area (Å²) in [7, 11) is 1.55. The van der Waals surface area contributed by atoms with Crippen LogP contribution in [-0.4, -0.2) is 24.7 Å². The van der Waals surface area contributed by atoms with Gasteiger partial charge in [0.25, 0.3) is 0 Å². The van der Waals surface area contributed by atoms with Crippen LogP contribution in [0.5, 0.6) is 5.75 Å². The van der Waals surface area contributed by atoms with Crippen LogP contribution in [0, 0.1) is 0 Å². The Bertz CT molecular complexity index is 550. The number of aliphatic carboxylic acids is 1. The van der Waals surface area contributed by atoms with Gasteiger partial charge >= 0.3 is 5.97 Å². The van der Waals surface area contributed by atoms with Crippen molar-refractivity contribution in [3.8, 4) is 5.75 Å². The third-order valence-corrected chi connectivity index (χ3v) is 3.61. The van der Waals surface area contributed by atoms with Crippen LogP contribution < -0.4 is 10.5 Å². The third kappa shape index (κ3) is 1.99. The summed E-state index contributed by atoms with van der Waals surface area (Å²) in [4.78, 5) is 11.1. The molecule has 0 fully saturated rings. The zero-order valence-corrected chi connectivity index (χ0v) is 10.2. The molecule has 0 amide bonds. The Kier molecular flexibility index (Phi) is 3.31. The highest BCUT2D eigenvalue weighted by atomic mass is 32.1. The van der Waals surface area contributed by atoms with E-state index in [1.807, 2.05) is 17.5 Å². The van der Waals surface area contributed by atoms with Crippen LogP contribution in [0.15, 0.2) is 23.6 Å². The van der Waals surface area contributed by atoms with E-state index in [9.17, 15) is 4.79 Å². The molecule has 2 rings (SSSR count). The van der Waals surface area contributed by atoms with Gasteiger partial charge in [-0.25, -0.2) is 0 Å². The molecule has 0 saturated heterocycles. The topological polar surface area (TPSA) is 72.5 Å². The minimum Gasteiger partial charge on any atom is -0.496 e. The van der Waals surface area contributed by atoms with E-state index in [2.05, 4.69) is 0 Å². The molecule has 0 radical (unpaired) electrons. The fourth-order valence-corrected chi connectivity index (χ4v) is 2.68. The summed E-state index contributed by atoms with van der Waals surface area (Å²) in [6.45, 7) is 0.0569. The number of ether oxygens (including phenoxy) is 1. The molecule has 1 unspecified atom stereocenters. The lowest BCUT2D eigenvalue weighted by Crippen LogP contribution is -2.21. The smallest absolute Gasteiger partial charge is 0.312 e. The molecule has 17 heavy (non-hydrogen) atoms. The zero-order valence-electron chi connectivity index (χ0n) is 9.34. The Labute approximate surface area is 103 Å². The van der Waals surface area contributed by atoms with Crippen LogP contribution >= 0.6 is 11.3 Å². The summed E-state index contributed by atoms with van der Waals surface area (Å²) in [6.07, 6.45) is 0. The molecule has 1 aromatic heterocycles. The maximum Gasteiger partial charge on any atom is 0.312 e. The number of benzene rings is 1. The molecule has 1 heterocycles. The fraction of sp³-hybridized carbons (Fsp3) is 0.250. The number of hydrogen-bond donors (Lipinski definition) is 2. The maximum absolute atomic E-state index is 11.1. The average molecular weight is 251 g/mol. The molecular formula is C12H13NO3S. The molecule has 0 spiro atoms. The number of nitrogens with two attached hydrogens (primary N) is 1. The normalized spacial score (nSPS) is 12.6. The van der Waals surface area contributed by atoms with E-state index in [1.165, 1.54) is 0 Å². The third-order valence-electron chi connectivity index (χ3n) is 2.73. The summed E-state index contributed by atoms with van der Waals surface area (Å²) in [5.74, 6) is -1.05. The van der Waals surface area contributed by atoms with Crippen molar-refractivity contribution in [1.82, 2.24) is 0 Å². The Morgan fingerprint density at radius 1 is 1.53 bits per heavy atom. The van der Waals surface area contributed by atoms with E-state index >= 15 is 0 Å². The highest BCUT2D eigenvalue weighted by molar-refractivity contribution is 7.17. The van der Waals surface area contributed by atoms with E-state index in [0.717, 1.165) is 10.1 Å². The average Bonchev–Trinajstić information content (AvgIpc) is 2.77. The summed E-state index contributed by atoms with van der Waals surface area (Å²) in [6, 6.07) is 5.62. The fourth-order valence-electron chi connectivity index (χ4n) is 1.90. The molecule has 2 aromatic rings. The first-order chi connectivity index (χ1) is 8.19. The molecule has 0 aliphatic rings. The van der Waals surface area contributed by atoms with Crippen molar-refractivity contribution < 1.29 is 14.6 Å². The van der Waals surface area contributed by atoms with Crippen LogP contribution in [0.25, 0.3) is 10.1 Å². The highest BCUT2D eigenvalue weighted by Crippen LogP contribution is 2.36. The van der Waals surface area contributed by atoms with Gasteiger partial charge in [-0.2, -0.15) is 0 Å². The minimum atomic E-state index is -0.930. The number of fused-ring (bicyclic) bond motifs is 1. The van der Waals surface area contributed by atoms with Gasteiger partial charge in [0.2, 0.25) is 0 Å². The van der Waals surface area contributed by atoms with Crippen molar-refractivity contribution in [2.45, 2.75) is 5.92 Å². The van der Waals surface area contributed by atoms with E-state index in [4.69, 9.17) is 15.6 Å². The molecule has 0 saturated carbocycles. The first kappa shape index (κ1) is 11.9. The van der Waals surface area contributed by atoms with Crippen molar-refractivity contribution >= 4 is 27.4 Å². The van der Waals surface area contributed by atoms with Gasteiger partial charge in [-0.3, -0.25) is 4.79 Å². The van der Waals surface area contributed by atoms with Gasteiger partial charge in [0.15, 0.2) is 0 Å². The van der Waals surface area contributed by atoms with Crippen molar-refractivity contribution in [1.29, 1.82) is 0 Å². The second-order valence-corrected chi connectivity index (χ2v) is 4.59. The monoisotopic (exact) mass is 251 g/mol. The van der Waals surface area contributed by atoms with Gasteiger partial charge < -0.3 is 15.6 Å². The lowest BCUT2D eigenvalue weighted by atomic mass is 9.97. The van der Waals surface area contributed by atoms with E-state index in [1.54, 1.807) is 24.5 Å². The summed E-state index contributed by atoms with van der Waals surface area (Å²) < 4.78 is 6.41. The molecule has 5 heteroatoms. The predicted molar refractivity (Wildman–Crippen MR) is 67.8 cm³/mol. The first-order valence-electron chi connectivity index (χ1n) is 5.16. The lowest BCUT2D eigenvalue weighted by molar-refractivity contribution is -0.138. The molecular weight excluding hydrogens is 238 g/mol. The Hall–Kier alpha value is -1.59. The zero-order chi connectivity index (χ0) is 12.4. The van der Waals surface area contributed by atoms with Crippen LogP contribution in [0.4, 0.5) is 0 Å². The van der Waals surface area contributed by atoms with Crippen molar-refractivity contribution in [2.24, 2.45) is 5.73 Å². The van der Waals surface area contributed by atoms with Gasteiger partial charge in [-0.05, 0) is 17.5 Å². The number of methoxy groups -OCH3 is 1. The molecule has 1 aromatic carbocycles. The molecule has 3 N–H and O–H groups in total. The highest BCUT2D eigenvalue weighted by Gasteiger charge is 2.23. The predicted octanol–water partition coefficient (Wildman–Crippen LogP) is 2.04. The Balaban J connectivity index is 2.63. The van der Waals surface area contributed by atoms with E-state index in [-0.39, 0.29) is 6.54 Å². The number of hydrogen-bond acceptors (Lipinski definition) is 4. The van der Waals surface area contributed by atoms with Crippen LogP contribution in [0.3, 0.4) is 0 Å². The van der Waals surface area contributed by atoms with Crippen LogP contribution in [-0.2, 0) is 4.79 Å². The van der Waals surface area contributed by atoms with E-state index < -0.39 is 11.9 Å². The molecule has 0 bridgehead atoms. The summed E-state index contributed by atoms with van der Waals surface area (Å²) in [5, 5.41) is 12.0. The quantitative estimate of drug-likeness (QED) is 0.872. The van der Waals surface area contributed by atoms with E-state index in [0.29, 0.717) is 11.3 Å².